The van der Waals surface area contributed by atoms with Crippen molar-refractivity contribution in [1.82, 2.24) is 14.8 Å². The summed E-state index contributed by atoms with van der Waals surface area (Å²) in [5, 5.41) is 12.4. The Morgan fingerprint density at radius 1 is 1.26 bits per heavy atom. The van der Waals surface area contributed by atoms with Crippen LogP contribution in [0.1, 0.15) is 36.9 Å². The molecule has 2 rings (SSSR count). The van der Waals surface area contributed by atoms with Crippen LogP contribution in [0, 0.1) is 0 Å². The van der Waals surface area contributed by atoms with Crippen LogP contribution in [0.15, 0.2) is 5.38 Å². The lowest BCUT2D eigenvalue weighted by molar-refractivity contribution is 0.195. The molecule has 0 unspecified atom stereocenters. The van der Waals surface area contributed by atoms with Crippen LogP contribution < -0.4 is 0 Å². The first kappa shape index (κ1) is 14.9. The van der Waals surface area contributed by atoms with Crippen LogP contribution in [-0.4, -0.2) is 59.2 Å². The van der Waals surface area contributed by atoms with Gasteiger partial charge in [0.15, 0.2) is 0 Å². The van der Waals surface area contributed by atoms with Gasteiger partial charge in [0.25, 0.3) is 0 Å². The molecule has 1 N–H and O–H groups in total. The third-order valence-electron chi connectivity index (χ3n) is 3.55. The van der Waals surface area contributed by atoms with Crippen molar-refractivity contribution in [3.8, 4) is 0 Å². The molecular formula is C14H25N3OS. The highest BCUT2D eigenvalue weighted by molar-refractivity contribution is 7.09. The first-order valence-corrected chi connectivity index (χ1v) is 8.07. The second kappa shape index (κ2) is 7.33. The van der Waals surface area contributed by atoms with E-state index >= 15 is 0 Å². The largest absolute Gasteiger partial charge is 0.395 e. The lowest BCUT2D eigenvalue weighted by Crippen LogP contribution is -2.32. The number of aliphatic hydroxyl groups is 1. The van der Waals surface area contributed by atoms with E-state index < -0.39 is 0 Å². The van der Waals surface area contributed by atoms with E-state index in [4.69, 9.17) is 10.1 Å². The van der Waals surface area contributed by atoms with Crippen molar-refractivity contribution in [2.75, 3.05) is 39.3 Å². The maximum absolute atomic E-state index is 9.00. The average Bonchev–Trinajstić information content (AvgIpc) is 2.73. The van der Waals surface area contributed by atoms with E-state index in [-0.39, 0.29) is 6.61 Å². The lowest BCUT2D eigenvalue weighted by atomic mass is 10.2. The molecule has 1 aliphatic heterocycles. The maximum Gasteiger partial charge on any atom is 0.0954 e. The van der Waals surface area contributed by atoms with Crippen LogP contribution in [0.25, 0.3) is 0 Å². The minimum atomic E-state index is 0.268. The number of aromatic nitrogens is 1. The highest BCUT2D eigenvalue weighted by atomic mass is 32.1. The summed E-state index contributed by atoms with van der Waals surface area (Å²) in [6.07, 6.45) is 1.18. The lowest BCUT2D eigenvalue weighted by Gasteiger charge is -2.20. The summed E-state index contributed by atoms with van der Waals surface area (Å²) in [5.41, 5.74) is 1.21. The Kier molecular flexibility index (Phi) is 5.76. The van der Waals surface area contributed by atoms with Crippen LogP contribution in [0.5, 0.6) is 0 Å². The van der Waals surface area contributed by atoms with Crippen molar-refractivity contribution in [1.29, 1.82) is 0 Å². The number of β-amino-alcohol motifs (C(OH)–C–C–N with tert-alkyl or cyclic N) is 1. The van der Waals surface area contributed by atoms with Gasteiger partial charge >= 0.3 is 0 Å². The van der Waals surface area contributed by atoms with E-state index in [1.54, 1.807) is 11.3 Å². The van der Waals surface area contributed by atoms with Crippen LogP contribution >= 0.6 is 11.3 Å². The molecule has 108 valence electrons. The van der Waals surface area contributed by atoms with Crippen molar-refractivity contribution in [2.45, 2.75) is 32.7 Å². The monoisotopic (exact) mass is 283 g/mol. The molecular weight excluding hydrogens is 258 g/mol. The van der Waals surface area contributed by atoms with Gasteiger partial charge in [-0.25, -0.2) is 4.98 Å². The molecule has 4 nitrogen and oxygen atoms in total. The highest BCUT2D eigenvalue weighted by Gasteiger charge is 2.15. The fourth-order valence-electron chi connectivity index (χ4n) is 2.44. The molecule has 0 radical (unpaired) electrons. The summed E-state index contributed by atoms with van der Waals surface area (Å²) in [4.78, 5) is 9.54. The zero-order chi connectivity index (χ0) is 13.7. The van der Waals surface area contributed by atoms with Crippen LogP contribution in [0.2, 0.25) is 0 Å². The number of nitrogens with zero attached hydrogens (tertiary/aromatic N) is 3. The molecule has 1 fully saturated rings. The molecule has 0 bridgehead atoms. The van der Waals surface area contributed by atoms with Gasteiger partial charge in [0.1, 0.15) is 0 Å². The summed E-state index contributed by atoms with van der Waals surface area (Å²) in [6, 6.07) is 0. The van der Waals surface area contributed by atoms with Crippen molar-refractivity contribution in [3.63, 3.8) is 0 Å². The Hall–Kier alpha value is -0.490. The maximum atomic E-state index is 9.00. The molecule has 19 heavy (non-hydrogen) atoms. The fraction of sp³-hybridized carbons (Fsp3) is 0.786. The smallest absolute Gasteiger partial charge is 0.0954 e. The molecule has 2 heterocycles. The molecule has 0 atom stereocenters. The molecule has 0 saturated carbocycles. The number of thiazole rings is 1. The minimum Gasteiger partial charge on any atom is -0.395 e. The van der Waals surface area contributed by atoms with Crippen LogP contribution in [0.3, 0.4) is 0 Å². The van der Waals surface area contributed by atoms with Gasteiger partial charge in [-0.2, -0.15) is 0 Å². The molecule has 0 aromatic carbocycles. The van der Waals surface area contributed by atoms with Crippen molar-refractivity contribution in [2.24, 2.45) is 0 Å². The standard InChI is InChI=1S/C14H25N3OS/c1-12(2)14-15-13(11-19-14)10-17-5-3-4-16(6-7-17)8-9-18/h11-12,18H,3-10H2,1-2H3. The topological polar surface area (TPSA) is 39.6 Å². The van der Waals surface area contributed by atoms with Gasteiger partial charge < -0.3 is 5.11 Å². The zero-order valence-electron chi connectivity index (χ0n) is 12.0. The number of rotatable bonds is 5. The van der Waals surface area contributed by atoms with Gasteiger partial charge in [-0.15, -0.1) is 11.3 Å². The fourth-order valence-corrected chi connectivity index (χ4v) is 3.26. The summed E-state index contributed by atoms with van der Waals surface area (Å²) >= 11 is 1.78. The van der Waals surface area contributed by atoms with E-state index in [0.717, 1.165) is 39.3 Å². The quantitative estimate of drug-likeness (QED) is 0.894. The van der Waals surface area contributed by atoms with Gasteiger partial charge in [-0.1, -0.05) is 13.8 Å². The van der Waals surface area contributed by atoms with Crippen molar-refractivity contribution in [3.05, 3.63) is 16.1 Å². The third-order valence-corrected chi connectivity index (χ3v) is 4.74. The Labute approximate surface area is 120 Å². The van der Waals surface area contributed by atoms with E-state index in [9.17, 15) is 0 Å². The first-order chi connectivity index (χ1) is 9.19. The van der Waals surface area contributed by atoms with E-state index in [1.165, 1.54) is 17.1 Å². The Balaban J connectivity index is 1.85. The molecule has 1 aliphatic rings. The number of hydrogen-bond donors (Lipinski definition) is 1. The summed E-state index contributed by atoms with van der Waals surface area (Å²) in [7, 11) is 0. The van der Waals surface area contributed by atoms with Gasteiger partial charge in [0.2, 0.25) is 0 Å². The molecule has 0 spiro atoms. The number of aliphatic hydroxyl groups excluding tert-OH is 1. The first-order valence-electron chi connectivity index (χ1n) is 7.19. The molecule has 0 amide bonds. The molecule has 1 saturated heterocycles. The van der Waals surface area contributed by atoms with E-state index in [1.807, 2.05) is 0 Å². The normalized spacial score (nSPS) is 18.9. The summed E-state index contributed by atoms with van der Waals surface area (Å²) in [5.74, 6) is 0.530. The predicted molar refractivity (Wildman–Crippen MR) is 79.6 cm³/mol. The predicted octanol–water partition coefficient (Wildman–Crippen LogP) is 1.77. The molecule has 0 aliphatic carbocycles. The van der Waals surface area contributed by atoms with Crippen LogP contribution in [0.4, 0.5) is 0 Å². The van der Waals surface area contributed by atoms with Crippen molar-refractivity contribution < 1.29 is 5.11 Å². The average molecular weight is 283 g/mol. The highest BCUT2D eigenvalue weighted by Crippen LogP contribution is 2.20. The second-order valence-electron chi connectivity index (χ2n) is 5.53. The molecule has 5 heteroatoms. The van der Waals surface area contributed by atoms with Crippen molar-refractivity contribution >= 4 is 11.3 Å². The van der Waals surface area contributed by atoms with Crippen LogP contribution in [-0.2, 0) is 6.54 Å². The zero-order valence-corrected chi connectivity index (χ0v) is 12.8. The van der Waals surface area contributed by atoms with E-state index in [0.29, 0.717) is 5.92 Å². The minimum absolute atomic E-state index is 0.268. The summed E-state index contributed by atoms with van der Waals surface area (Å²) < 4.78 is 0. The second-order valence-corrected chi connectivity index (χ2v) is 6.42. The Bertz CT molecular complexity index is 381. The molecule has 1 aromatic heterocycles. The van der Waals surface area contributed by atoms with Gasteiger partial charge in [0, 0.05) is 37.5 Å². The van der Waals surface area contributed by atoms with Gasteiger partial charge in [0.05, 0.1) is 17.3 Å². The summed E-state index contributed by atoms with van der Waals surface area (Å²) in [6.45, 7) is 10.8. The SMILES string of the molecule is CC(C)c1nc(CN2CCCN(CCO)CC2)cs1. The number of hydrogen-bond acceptors (Lipinski definition) is 5. The third kappa shape index (κ3) is 4.53. The van der Waals surface area contributed by atoms with Gasteiger partial charge in [-0.05, 0) is 19.5 Å². The Morgan fingerprint density at radius 3 is 2.68 bits per heavy atom. The van der Waals surface area contributed by atoms with E-state index in [2.05, 4.69) is 29.0 Å². The Morgan fingerprint density at radius 2 is 2.00 bits per heavy atom. The van der Waals surface area contributed by atoms with Gasteiger partial charge in [-0.3, -0.25) is 9.80 Å². The molecule has 1 aromatic rings.